The van der Waals surface area contributed by atoms with E-state index in [1.807, 2.05) is 4.90 Å². The van der Waals surface area contributed by atoms with E-state index < -0.39 is 0 Å². The van der Waals surface area contributed by atoms with Crippen molar-refractivity contribution in [1.82, 2.24) is 4.90 Å². The van der Waals surface area contributed by atoms with Crippen LogP contribution >= 0.6 is 0 Å². The molecule has 0 aromatic rings. The third-order valence-corrected chi connectivity index (χ3v) is 2.06. The van der Waals surface area contributed by atoms with Gasteiger partial charge in [-0.3, -0.25) is 9.69 Å². The van der Waals surface area contributed by atoms with Gasteiger partial charge in [-0.1, -0.05) is 0 Å². The van der Waals surface area contributed by atoms with Crippen LogP contribution in [0.25, 0.3) is 0 Å². The van der Waals surface area contributed by atoms with Crippen LogP contribution in [0.5, 0.6) is 0 Å². The predicted molar refractivity (Wildman–Crippen MR) is 43.7 cm³/mol. The summed E-state index contributed by atoms with van der Waals surface area (Å²) in [4.78, 5) is 12.8. The Morgan fingerprint density at radius 2 is 2.50 bits per heavy atom. The van der Waals surface area contributed by atoms with Gasteiger partial charge in [-0.2, -0.15) is 0 Å². The first-order chi connectivity index (χ1) is 5.72. The molecule has 4 nitrogen and oxygen atoms in total. The average Bonchev–Trinajstić information content (AvgIpc) is 2.04. The summed E-state index contributed by atoms with van der Waals surface area (Å²) in [5, 5.41) is 9.27. The Morgan fingerprint density at radius 1 is 1.75 bits per heavy atom. The molecule has 1 aliphatic heterocycles. The summed E-state index contributed by atoms with van der Waals surface area (Å²) < 4.78 is 4.53. The minimum atomic E-state index is -0.275. The second-order valence-corrected chi connectivity index (χ2v) is 3.11. The Morgan fingerprint density at radius 3 is 3.08 bits per heavy atom. The molecule has 0 aliphatic carbocycles. The number of ether oxygens (including phenoxy) is 1. The monoisotopic (exact) mass is 173 g/mol. The van der Waals surface area contributed by atoms with Gasteiger partial charge >= 0.3 is 5.97 Å². The zero-order chi connectivity index (χ0) is 8.97. The van der Waals surface area contributed by atoms with Gasteiger partial charge in [0.1, 0.15) is 0 Å². The van der Waals surface area contributed by atoms with E-state index in [9.17, 15) is 9.90 Å². The Balaban J connectivity index is 2.27. The first kappa shape index (κ1) is 9.48. The zero-order valence-electron chi connectivity index (χ0n) is 7.32. The van der Waals surface area contributed by atoms with Gasteiger partial charge in [0.25, 0.3) is 0 Å². The van der Waals surface area contributed by atoms with E-state index in [1.54, 1.807) is 0 Å². The van der Waals surface area contributed by atoms with E-state index in [1.165, 1.54) is 7.11 Å². The molecule has 4 heteroatoms. The molecule has 1 heterocycles. The summed E-state index contributed by atoms with van der Waals surface area (Å²) in [5.41, 5.74) is 0. The van der Waals surface area contributed by atoms with Gasteiger partial charge in [0.05, 0.1) is 19.8 Å². The third-order valence-electron chi connectivity index (χ3n) is 2.06. The number of aliphatic hydroxyl groups excluding tert-OH is 1. The first-order valence-corrected chi connectivity index (χ1v) is 4.19. The standard InChI is InChI=1S/C8H15NO3/c1-12-8(11)6-9-4-2-3-7(10)5-9/h7,10H,2-6H2,1H3/t7-/m0/s1. The topological polar surface area (TPSA) is 49.8 Å². The van der Waals surface area contributed by atoms with Gasteiger partial charge in [0.2, 0.25) is 0 Å². The highest BCUT2D eigenvalue weighted by molar-refractivity contribution is 5.71. The molecule has 1 aliphatic rings. The van der Waals surface area contributed by atoms with Crippen molar-refractivity contribution in [2.75, 3.05) is 26.7 Å². The van der Waals surface area contributed by atoms with E-state index in [-0.39, 0.29) is 12.1 Å². The van der Waals surface area contributed by atoms with Gasteiger partial charge in [-0.25, -0.2) is 0 Å². The summed E-state index contributed by atoms with van der Waals surface area (Å²) in [5.74, 6) is -0.232. The lowest BCUT2D eigenvalue weighted by Gasteiger charge is -2.28. The molecule has 0 aromatic carbocycles. The average molecular weight is 173 g/mol. The van der Waals surface area contributed by atoms with Crippen molar-refractivity contribution in [2.24, 2.45) is 0 Å². The fraction of sp³-hybridized carbons (Fsp3) is 0.875. The van der Waals surface area contributed by atoms with Gasteiger partial charge < -0.3 is 9.84 Å². The molecule has 0 aromatic heterocycles. The lowest BCUT2D eigenvalue weighted by molar-refractivity contribution is -0.142. The number of carbonyl (C=O) groups excluding carboxylic acids is 1. The van der Waals surface area contributed by atoms with Crippen LogP contribution in [0.1, 0.15) is 12.8 Å². The van der Waals surface area contributed by atoms with Crippen molar-refractivity contribution in [3.05, 3.63) is 0 Å². The molecular formula is C8H15NO3. The quantitative estimate of drug-likeness (QED) is 0.578. The Hall–Kier alpha value is -0.610. The van der Waals surface area contributed by atoms with Crippen molar-refractivity contribution in [2.45, 2.75) is 18.9 Å². The summed E-state index contributed by atoms with van der Waals surface area (Å²) >= 11 is 0. The van der Waals surface area contributed by atoms with Crippen LogP contribution < -0.4 is 0 Å². The molecule has 12 heavy (non-hydrogen) atoms. The van der Waals surface area contributed by atoms with E-state index in [2.05, 4.69) is 4.74 Å². The Bertz CT molecular complexity index is 160. The minimum absolute atomic E-state index is 0.232. The maximum absolute atomic E-state index is 10.8. The molecule has 1 N–H and O–H groups in total. The van der Waals surface area contributed by atoms with Crippen LogP contribution in [0.4, 0.5) is 0 Å². The van der Waals surface area contributed by atoms with Crippen molar-refractivity contribution in [1.29, 1.82) is 0 Å². The molecule has 1 saturated heterocycles. The molecule has 0 radical (unpaired) electrons. The van der Waals surface area contributed by atoms with Gasteiger partial charge in [0.15, 0.2) is 0 Å². The van der Waals surface area contributed by atoms with Crippen LogP contribution in [0.3, 0.4) is 0 Å². The number of methoxy groups -OCH3 is 1. The number of aliphatic hydroxyl groups is 1. The minimum Gasteiger partial charge on any atom is -0.468 e. The highest BCUT2D eigenvalue weighted by Crippen LogP contribution is 2.08. The van der Waals surface area contributed by atoms with Crippen molar-refractivity contribution in [3.8, 4) is 0 Å². The van der Waals surface area contributed by atoms with Crippen LogP contribution in [-0.4, -0.2) is 48.8 Å². The van der Waals surface area contributed by atoms with E-state index in [0.717, 1.165) is 19.4 Å². The highest BCUT2D eigenvalue weighted by atomic mass is 16.5. The van der Waals surface area contributed by atoms with E-state index >= 15 is 0 Å². The number of carbonyl (C=O) groups is 1. The molecule has 0 unspecified atom stereocenters. The molecule has 0 bridgehead atoms. The SMILES string of the molecule is COC(=O)CN1CCC[C@H](O)C1. The molecule has 0 saturated carbocycles. The van der Waals surface area contributed by atoms with Crippen molar-refractivity contribution < 1.29 is 14.6 Å². The summed E-state index contributed by atoms with van der Waals surface area (Å²) in [7, 11) is 1.38. The van der Waals surface area contributed by atoms with E-state index in [4.69, 9.17) is 0 Å². The van der Waals surface area contributed by atoms with Crippen LogP contribution in [0, 0.1) is 0 Å². The number of nitrogens with zero attached hydrogens (tertiary/aromatic N) is 1. The normalized spacial score (nSPS) is 25.3. The Kier molecular flexibility index (Phi) is 3.49. The molecule has 1 atom stereocenters. The fourth-order valence-electron chi connectivity index (χ4n) is 1.42. The second-order valence-electron chi connectivity index (χ2n) is 3.11. The molecule has 1 rings (SSSR count). The smallest absolute Gasteiger partial charge is 0.319 e. The summed E-state index contributed by atoms with van der Waals surface area (Å²) in [6.45, 7) is 1.77. The molecule has 1 fully saturated rings. The number of hydrogen-bond acceptors (Lipinski definition) is 4. The largest absolute Gasteiger partial charge is 0.468 e. The van der Waals surface area contributed by atoms with Gasteiger partial charge in [-0.05, 0) is 19.4 Å². The van der Waals surface area contributed by atoms with E-state index in [0.29, 0.717) is 13.1 Å². The Labute approximate surface area is 72.1 Å². The van der Waals surface area contributed by atoms with Gasteiger partial charge in [-0.15, -0.1) is 0 Å². The second kappa shape index (κ2) is 4.42. The molecule has 0 spiro atoms. The van der Waals surface area contributed by atoms with Crippen LogP contribution in [0.15, 0.2) is 0 Å². The number of rotatable bonds is 2. The van der Waals surface area contributed by atoms with Crippen molar-refractivity contribution in [3.63, 3.8) is 0 Å². The van der Waals surface area contributed by atoms with Crippen LogP contribution in [0.2, 0.25) is 0 Å². The van der Waals surface area contributed by atoms with Gasteiger partial charge in [0, 0.05) is 6.54 Å². The summed E-state index contributed by atoms with van der Waals surface area (Å²) in [6, 6.07) is 0. The molecular weight excluding hydrogens is 158 g/mol. The third kappa shape index (κ3) is 2.79. The fourth-order valence-corrected chi connectivity index (χ4v) is 1.42. The maximum atomic E-state index is 10.8. The lowest BCUT2D eigenvalue weighted by Crippen LogP contribution is -2.41. The predicted octanol–water partition coefficient (Wildman–Crippen LogP) is -0.384. The zero-order valence-corrected chi connectivity index (χ0v) is 7.32. The lowest BCUT2D eigenvalue weighted by atomic mass is 10.1. The number of esters is 1. The number of hydrogen-bond donors (Lipinski definition) is 1. The first-order valence-electron chi connectivity index (χ1n) is 4.19. The van der Waals surface area contributed by atoms with Crippen LogP contribution in [-0.2, 0) is 9.53 Å². The maximum Gasteiger partial charge on any atom is 0.319 e. The number of β-amino-alcohol motifs (C(OH)–C–C–N with tert-alkyl or cyclic N) is 1. The number of piperidine rings is 1. The van der Waals surface area contributed by atoms with Crippen molar-refractivity contribution >= 4 is 5.97 Å². The highest BCUT2D eigenvalue weighted by Gasteiger charge is 2.19. The summed E-state index contributed by atoms with van der Waals surface area (Å²) in [6.07, 6.45) is 1.53. The number of likely N-dealkylation sites (tertiary alicyclic amines) is 1. The molecule has 70 valence electrons. The molecule has 0 amide bonds.